The van der Waals surface area contributed by atoms with E-state index >= 15 is 0 Å². The lowest BCUT2D eigenvalue weighted by Crippen LogP contribution is -2.44. The van der Waals surface area contributed by atoms with E-state index in [0.29, 0.717) is 16.8 Å². The van der Waals surface area contributed by atoms with Gasteiger partial charge in [-0.3, -0.25) is 24.6 Å². The Labute approximate surface area is 203 Å². The number of amides is 1. The predicted octanol–water partition coefficient (Wildman–Crippen LogP) is 4.74. The predicted molar refractivity (Wildman–Crippen MR) is 133 cm³/mol. The second-order valence-corrected chi connectivity index (χ2v) is 8.76. The summed E-state index contributed by atoms with van der Waals surface area (Å²) in [5.41, 5.74) is 5.00. The van der Waals surface area contributed by atoms with Gasteiger partial charge in [0.25, 0.3) is 5.91 Å². The maximum Gasteiger partial charge on any atom is 0.253 e. The third-order valence-electron chi connectivity index (χ3n) is 6.26. The van der Waals surface area contributed by atoms with E-state index in [-0.39, 0.29) is 17.8 Å². The van der Waals surface area contributed by atoms with Crippen LogP contribution in [0, 0.1) is 5.82 Å². The van der Waals surface area contributed by atoms with Crippen LogP contribution in [-0.4, -0.2) is 44.9 Å². The number of aromatic nitrogens is 3. The van der Waals surface area contributed by atoms with Gasteiger partial charge in [0.15, 0.2) is 0 Å². The molecule has 2 aromatic heterocycles. The molecule has 2 aromatic carbocycles. The number of piperidine rings is 1. The highest BCUT2D eigenvalue weighted by atomic mass is 19.1. The standard InChI is InChI=1S/C28H26FN5O/c29-24-6-2-5-22(16-24)26-8-7-23(17-32-26)28(35)33-25-9-13-34(14-10-25)19-20-3-1-4-21(15-20)27-18-30-11-12-31-27/h1-8,11-12,15-18,25H,9-10,13-14,19H2,(H,33,35). The van der Waals surface area contributed by atoms with Crippen LogP contribution in [0.1, 0.15) is 28.8 Å². The summed E-state index contributed by atoms with van der Waals surface area (Å²) < 4.78 is 13.5. The fraction of sp³-hybridized carbons (Fsp3) is 0.214. The molecule has 0 spiro atoms. The minimum atomic E-state index is -0.310. The maximum atomic E-state index is 13.5. The third-order valence-corrected chi connectivity index (χ3v) is 6.26. The Kier molecular flexibility index (Phi) is 6.86. The highest BCUT2D eigenvalue weighted by molar-refractivity contribution is 5.94. The van der Waals surface area contributed by atoms with Gasteiger partial charge in [0, 0.05) is 55.4 Å². The molecule has 0 radical (unpaired) electrons. The van der Waals surface area contributed by atoms with Gasteiger partial charge in [-0.1, -0.05) is 30.3 Å². The topological polar surface area (TPSA) is 71.0 Å². The number of rotatable bonds is 6. The van der Waals surface area contributed by atoms with Crippen LogP contribution in [0.25, 0.3) is 22.5 Å². The number of hydrogen-bond acceptors (Lipinski definition) is 5. The molecule has 176 valence electrons. The molecule has 1 N–H and O–H groups in total. The SMILES string of the molecule is O=C(NC1CCN(Cc2cccc(-c3cnccn3)c2)CC1)c1ccc(-c2cccc(F)c2)nc1. The van der Waals surface area contributed by atoms with Gasteiger partial charge in [-0.05, 0) is 48.7 Å². The fourth-order valence-corrected chi connectivity index (χ4v) is 4.39. The van der Waals surface area contributed by atoms with E-state index in [9.17, 15) is 9.18 Å². The van der Waals surface area contributed by atoms with Crippen molar-refractivity contribution >= 4 is 5.91 Å². The van der Waals surface area contributed by atoms with Crippen molar-refractivity contribution in [2.45, 2.75) is 25.4 Å². The smallest absolute Gasteiger partial charge is 0.253 e. The van der Waals surface area contributed by atoms with Crippen molar-refractivity contribution in [1.29, 1.82) is 0 Å². The molecular weight excluding hydrogens is 441 g/mol. The molecule has 0 unspecified atom stereocenters. The number of benzene rings is 2. The van der Waals surface area contributed by atoms with Crippen molar-refractivity contribution in [3.8, 4) is 22.5 Å². The first-order valence-corrected chi connectivity index (χ1v) is 11.7. The lowest BCUT2D eigenvalue weighted by molar-refractivity contribution is 0.0908. The number of likely N-dealkylation sites (tertiary alicyclic amines) is 1. The average Bonchev–Trinajstić information content (AvgIpc) is 2.90. The Hall–Kier alpha value is -3.97. The number of halogens is 1. The quantitative estimate of drug-likeness (QED) is 0.444. The second kappa shape index (κ2) is 10.5. The minimum Gasteiger partial charge on any atom is -0.349 e. The summed E-state index contributed by atoms with van der Waals surface area (Å²) in [5.74, 6) is -0.436. The lowest BCUT2D eigenvalue weighted by Gasteiger charge is -2.32. The molecule has 35 heavy (non-hydrogen) atoms. The Morgan fingerprint density at radius 2 is 1.71 bits per heavy atom. The number of carbonyl (C=O) groups excluding carboxylic acids is 1. The molecule has 3 heterocycles. The Balaban J connectivity index is 1.13. The van der Waals surface area contributed by atoms with Gasteiger partial charge in [-0.2, -0.15) is 0 Å². The Morgan fingerprint density at radius 1 is 0.914 bits per heavy atom. The van der Waals surface area contributed by atoms with E-state index in [2.05, 4.69) is 49.4 Å². The van der Waals surface area contributed by atoms with E-state index in [1.165, 1.54) is 17.7 Å². The van der Waals surface area contributed by atoms with Gasteiger partial charge in [-0.15, -0.1) is 0 Å². The zero-order chi connectivity index (χ0) is 24.0. The largest absolute Gasteiger partial charge is 0.349 e. The van der Waals surface area contributed by atoms with Crippen LogP contribution in [0.5, 0.6) is 0 Å². The molecule has 5 rings (SSSR count). The van der Waals surface area contributed by atoms with Crippen molar-refractivity contribution in [3.63, 3.8) is 0 Å². The van der Waals surface area contributed by atoms with Gasteiger partial charge in [0.05, 0.1) is 23.1 Å². The van der Waals surface area contributed by atoms with Gasteiger partial charge >= 0.3 is 0 Å². The monoisotopic (exact) mass is 467 g/mol. The maximum absolute atomic E-state index is 13.5. The fourth-order valence-electron chi connectivity index (χ4n) is 4.39. The number of carbonyl (C=O) groups is 1. The summed E-state index contributed by atoms with van der Waals surface area (Å²) in [6.45, 7) is 2.69. The molecule has 0 atom stereocenters. The molecule has 1 saturated heterocycles. The summed E-state index contributed by atoms with van der Waals surface area (Å²) in [4.78, 5) is 28.0. The third kappa shape index (κ3) is 5.75. The van der Waals surface area contributed by atoms with Crippen LogP contribution in [0.2, 0.25) is 0 Å². The minimum absolute atomic E-state index is 0.126. The molecule has 7 heteroatoms. The second-order valence-electron chi connectivity index (χ2n) is 8.76. The molecule has 0 aliphatic carbocycles. The molecule has 1 aliphatic rings. The van der Waals surface area contributed by atoms with Crippen LogP contribution >= 0.6 is 0 Å². The van der Waals surface area contributed by atoms with Crippen molar-refractivity contribution in [1.82, 2.24) is 25.2 Å². The van der Waals surface area contributed by atoms with E-state index in [1.54, 1.807) is 49.1 Å². The lowest BCUT2D eigenvalue weighted by atomic mass is 10.0. The molecule has 1 aliphatic heterocycles. The summed E-state index contributed by atoms with van der Waals surface area (Å²) in [6, 6.07) is 18.3. The molecule has 1 fully saturated rings. The Morgan fingerprint density at radius 3 is 2.43 bits per heavy atom. The van der Waals surface area contributed by atoms with Gasteiger partial charge in [0.2, 0.25) is 0 Å². The number of nitrogens with one attached hydrogen (secondary N) is 1. The zero-order valence-electron chi connectivity index (χ0n) is 19.3. The highest BCUT2D eigenvalue weighted by Gasteiger charge is 2.21. The highest BCUT2D eigenvalue weighted by Crippen LogP contribution is 2.21. The normalized spacial score (nSPS) is 14.5. The van der Waals surface area contributed by atoms with Crippen LogP contribution in [0.3, 0.4) is 0 Å². The van der Waals surface area contributed by atoms with Crippen molar-refractivity contribution < 1.29 is 9.18 Å². The molecular formula is C28H26FN5O. The first-order valence-electron chi connectivity index (χ1n) is 11.7. The van der Waals surface area contributed by atoms with Crippen molar-refractivity contribution in [3.05, 3.63) is 102 Å². The van der Waals surface area contributed by atoms with Gasteiger partial charge in [0.1, 0.15) is 5.82 Å². The average molecular weight is 468 g/mol. The van der Waals surface area contributed by atoms with Crippen LogP contribution in [0.15, 0.2) is 85.5 Å². The number of pyridine rings is 1. The number of hydrogen-bond donors (Lipinski definition) is 1. The molecule has 6 nitrogen and oxygen atoms in total. The first kappa shape index (κ1) is 22.8. The molecule has 0 saturated carbocycles. The van der Waals surface area contributed by atoms with Crippen LogP contribution < -0.4 is 5.32 Å². The van der Waals surface area contributed by atoms with E-state index in [0.717, 1.165) is 43.7 Å². The summed E-state index contributed by atoms with van der Waals surface area (Å²) >= 11 is 0. The van der Waals surface area contributed by atoms with Gasteiger partial charge < -0.3 is 5.32 Å². The van der Waals surface area contributed by atoms with Crippen LogP contribution in [0.4, 0.5) is 4.39 Å². The number of nitrogens with zero attached hydrogens (tertiary/aromatic N) is 4. The molecule has 4 aromatic rings. The zero-order valence-corrected chi connectivity index (χ0v) is 19.3. The summed E-state index contributed by atoms with van der Waals surface area (Å²) in [7, 11) is 0. The van der Waals surface area contributed by atoms with Crippen molar-refractivity contribution in [2.24, 2.45) is 0 Å². The Bertz CT molecular complexity index is 1290. The van der Waals surface area contributed by atoms with E-state index < -0.39 is 0 Å². The molecule has 1 amide bonds. The van der Waals surface area contributed by atoms with Crippen LogP contribution in [-0.2, 0) is 6.54 Å². The summed E-state index contributed by atoms with van der Waals surface area (Å²) in [5, 5.41) is 3.14. The van der Waals surface area contributed by atoms with Crippen molar-refractivity contribution in [2.75, 3.05) is 13.1 Å². The first-order chi connectivity index (χ1) is 17.1. The van der Waals surface area contributed by atoms with E-state index in [1.807, 2.05) is 0 Å². The van der Waals surface area contributed by atoms with E-state index in [4.69, 9.17) is 0 Å². The molecule has 0 bridgehead atoms. The summed E-state index contributed by atoms with van der Waals surface area (Å²) in [6.07, 6.45) is 8.49. The van der Waals surface area contributed by atoms with Gasteiger partial charge in [-0.25, -0.2) is 4.39 Å².